The minimum Gasteiger partial charge on any atom is -0.252 e. The molecule has 2 aliphatic heterocycles. The van der Waals surface area contributed by atoms with Gasteiger partial charge in [0, 0.05) is 59.3 Å². The predicted molar refractivity (Wildman–Crippen MR) is 237 cm³/mol. The number of aryl methyl sites for hydroxylation is 2. The average Bonchev–Trinajstić information content (AvgIpc) is 3.25. The molecule has 2 unspecified atom stereocenters. The Morgan fingerprint density at radius 2 is 1.31 bits per heavy atom. The first-order chi connectivity index (χ1) is 28.2. The smallest absolute Gasteiger partial charge is 0.218 e. The summed E-state index contributed by atoms with van der Waals surface area (Å²) in [6, 6.07) is 49.4. The van der Waals surface area contributed by atoms with Gasteiger partial charge in [-0.15, -0.1) is 0 Å². The summed E-state index contributed by atoms with van der Waals surface area (Å²) < 4.78 is 4.91. The number of allylic oxidation sites excluding steroid dienone is 1. The number of aromatic nitrogens is 4. The van der Waals surface area contributed by atoms with E-state index in [1.807, 2.05) is 12.4 Å². The Kier molecular flexibility index (Phi) is 8.75. The van der Waals surface area contributed by atoms with E-state index in [1.165, 1.54) is 55.9 Å². The first-order valence-corrected chi connectivity index (χ1v) is 20.6. The molecule has 5 heterocycles. The first-order valence-electron chi connectivity index (χ1n) is 20.6. The second-order valence-electron chi connectivity index (χ2n) is 17.2. The van der Waals surface area contributed by atoms with E-state index in [9.17, 15) is 0 Å². The molecule has 5 aromatic carbocycles. The molecule has 8 aromatic rings. The molecule has 2 atom stereocenters. The van der Waals surface area contributed by atoms with Gasteiger partial charge in [-0.25, -0.2) is 0 Å². The fourth-order valence-corrected chi connectivity index (χ4v) is 9.56. The molecule has 10 rings (SSSR count). The fraction of sp³-hybridized carbons (Fsp3) is 0.185. The van der Waals surface area contributed by atoms with Gasteiger partial charge < -0.3 is 0 Å². The zero-order chi connectivity index (χ0) is 39.5. The maximum Gasteiger partial charge on any atom is 0.218 e. The molecule has 282 valence electrons. The van der Waals surface area contributed by atoms with Crippen LogP contribution >= 0.6 is 0 Å². The molecule has 0 N–H and O–H groups in total. The Balaban J connectivity index is 1.14. The highest BCUT2D eigenvalue weighted by Gasteiger charge is 2.42. The van der Waals surface area contributed by atoms with Crippen molar-refractivity contribution in [3.05, 3.63) is 187 Å². The number of nitrogens with zero attached hydrogens (tertiary/aromatic N) is 4. The van der Waals surface area contributed by atoms with Crippen LogP contribution < -0.4 is 9.13 Å². The van der Waals surface area contributed by atoms with Gasteiger partial charge in [-0.2, -0.15) is 9.13 Å². The molecule has 0 radical (unpaired) electrons. The lowest BCUT2D eigenvalue weighted by molar-refractivity contribution is -0.720. The molecule has 3 aromatic heterocycles. The highest BCUT2D eigenvalue weighted by molar-refractivity contribution is 6.03. The second kappa shape index (κ2) is 14.1. The van der Waals surface area contributed by atoms with Gasteiger partial charge in [-0.3, -0.25) is 9.97 Å². The van der Waals surface area contributed by atoms with Gasteiger partial charge in [0.25, 0.3) is 0 Å². The van der Waals surface area contributed by atoms with Crippen LogP contribution in [0.2, 0.25) is 0 Å². The largest absolute Gasteiger partial charge is 0.252 e. The molecule has 4 heteroatoms. The quantitative estimate of drug-likeness (QED) is 0.168. The third-order valence-corrected chi connectivity index (χ3v) is 12.6. The Morgan fingerprint density at radius 1 is 0.603 bits per heavy atom. The third-order valence-electron chi connectivity index (χ3n) is 12.6. The zero-order valence-electron chi connectivity index (χ0n) is 33.8. The van der Waals surface area contributed by atoms with Crippen LogP contribution in [0.15, 0.2) is 165 Å². The standard InChI is InChI=1S/C54H48N4/c1-35-25-29-58-49(31-35)45-18-12-11-17-44(45)46-22-21-38-19-20-39(33-48(38)51-34-40(54(3,4)5)26-30-57(51)36(2)32-50(46)58)42-23-24-47(53-52(42)55-27-28-56-53)43-16-10-9-15-41(43)37-13-7-6-8-14-37/h6-20,23-31,33-34,46,50H,2,21-22,32H2,1,3-5H3/q+2. The maximum absolute atomic E-state index is 5.03. The third kappa shape index (κ3) is 6.15. The fourth-order valence-electron chi connectivity index (χ4n) is 9.56. The van der Waals surface area contributed by atoms with E-state index in [2.05, 4.69) is 183 Å². The van der Waals surface area contributed by atoms with E-state index in [1.54, 1.807) is 0 Å². The number of pyridine rings is 2. The van der Waals surface area contributed by atoms with Crippen molar-refractivity contribution < 1.29 is 9.13 Å². The van der Waals surface area contributed by atoms with E-state index in [4.69, 9.17) is 16.5 Å². The Hall–Kier alpha value is -6.52. The van der Waals surface area contributed by atoms with Crippen molar-refractivity contribution in [3.8, 4) is 55.9 Å². The van der Waals surface area contributed by atoms with Crippen molar-refractivity contribution in [2.75, 3.05) is 0 Å². The summed E-state index contributed by atoms with van der Waals surface area (Å²) in [4.78, 5) is 10.0. The summed E-state index contributed by atoms with van der Waals surface area (Å²) in [5.74, 6) is 0.335. The number of hydrogen-bond donors (Lipinski definition) is 0. The first kappa shape index (κ1) is 35.9. The molecule has 0 saturated heterocycles. The van der Waals surface area contributed by atoms with Gasteiger partial charge in [0.1, 0.15) is 0 Å². The highest BCUT2D eigenvalue weighted by Crippen LogP contribution is 2.45. The number of benzene rings is 5. The molecule has 2 aliphatic rings. The van der Waals surface area contributed by atoms with Crippen LogP contribution in [0, 0.1) is 6.92 Å². The zero-order valence-corrected chi connectivity index (χ0v) is 33.8. The summed E-state index contributed by atoms with van der Waals surface area (Å²) >= 11 is 0. The lowest BCUT2D eigenvalue weighted by Gasteiger charge is -2.31. The molecule has 58 heavy (non-hydrogen) atoms. The van der Waals surface area contributed by atoms with Crippen LogP contribution in [-0.4, -0.2) is 9.97 Å². The van der Waals surface area contributed by atoms with Gasteiger partial charge in [0.05, 0.1) is 23.0 Å². The summed E-state index contributed by atoms with van der Waals surface area (Å²) in [6.07, 6.45) is 11.0. The summed E-state index contributed by atoms with van der Waals surface area (Å²) in [5.41, 5.74) is 20.1. The molecule has 0 fully saturated rings. The molecule has 0 spiro atoms. The Labute approximate surface area is 341 Å². The summed E-state index contributed by atoms with van der Waals surface area (Å²) in [7, 11) is 0. The van der Waals surface area contributed by atoms with Crippen LogP contribution in [0.3, 0.4) is 0 Å². The second-order valence-corrected chi connectivity index (χ2v) is 17.2. The van der Waals surface area contributed by atoms with Crippen LogP contribution in [0.5, 0.6) is 0 Å². The van der Waals surface area contributed by atoms with Crippen molar-refractivity contribution in [2.45, 2.75) is 64.3 Å². The van der Waals surface area contributed by atoms with E-state index < -0.39 is 0 Å². The van der Waals surface area contributed by atoms with Gasteiger partial charge in [0.15, 0.2) is 24.1 Å². The molecular weight excluding hydrogens is 705 g/mol. The summed E-state index contributed by atoms with van der Waals surface area (Å²) in [6.45, 7) is 13.9. The van der Waals surface area contributed by atoms with Crippen LogP contribution in [0.1, 0.15) is 67.8 Å². The van der Waals surface area contributed by atoms with Crippen LogP contribution in [0.4, 0.5) is 0 Å². The van der Waals surface area contributed by atoms with Crippen LogP contribution in [-0.2, 0) is 11.8 Å². The average molecular weight is 753 g/mol. The minimum atomic E-state index is -0.0213. The van der Waals surface area contributed by atoms with E-state index in [-0.39, 0.29) is 11.5 Å². The lowest BCUT2D eigenvalue weighted by Crippen LogP contribution is -2.49. The van der Waals surface area contributed by atoms with Gasteiger partial charge in [-0.1, -0.05) is 118 Å². The van der Waals surface area contributed by atoms with E-state index >= 15 is 0 Å². The number of hydrogen-bond acceptors (Lipinski definition) is 2. The molecule has 0 bridgehead atoms. The number of fused-ring (bicyclic) bond motifs is 10. The Morgan fingerprint density at radius 3 is 2.10 bits per heavy atom. The molecule has 0 amide bonds. The Bertz CT molecular complexity index is 2900. The van der Waals surface area contributed by atoms with Crippen molar-refractivity contribution in [1.82, 2.24) is 9.97 Å². The molecule has 0 saturated carbocycles. The lowest BCUT2D eigenvalue weighted by atomic mass is 9.77. The minimum absolute atomic E-state index is 0.0213. The summed E-state index contributed by atoms with van der Waals surface area (Å²) in [5, 5.41) is 0. The van der Waals surface area contributed by atoms with E-state index in [0.29, 0.717) is 5.92 Å². The SMILES string of the molecule is C=C1CC2C(CCc3ccc(-c4ccc(-c5ccccc5-c5ccccc5)c5nccnc45)cc3-c3cc(C(C)(C)C)cc[n+]31)c1ccccc1-c1cc(C)cc[n+]12. The van der Waals surface area contributed by atoms with Gasteiger partial charge in [0.2, 0.25) is 11.4 Å². The maximum atomic E-state index is 5.03. The monoisotopic (exact) mass is 752 g/mol. The van der Waals surface area contributed by atoms with Crippen molar-refractivity contribution >= 4 is 16.7 Å². The van der Waals surface area contributed by atoms with Gasteiger partial charge in [-0.05, 0) is 88.4 Å². The van der Waals surface area contributed by atoms with Crippen molar-refractivity contribution in [1.29, 1.82) is 0 Å². The van der Waals surface area contributed by atoms with Crippen molar-refractivity contribution in [3.63, 3.8) is 0 Å². The van der Waals surface area contributed by atoms with Crippen molar-refractivity contribution in [2.24, 2.45) is 0 Å². The molecular formula is C54H48N4+2. The predicted octanol–water partition coefficient (Wildman–Crippen LogP) is 12.3. The van der Waals surface area contributed by atoms with E-state index in [0.717, 1.165) is 58.2 Å². The topological polar surface area (TPSA) is 33.5 Å². The number of rotatable bonds is 3. The van der Waals surface area contributed by atoms with Gasteiger partial charge >= 0.3 is 0 Å². The van der Waals surface area contributed by atoms with Crippen LogP contribution in [0.25, 0.3) is 72.6 Å². The highest BCUT2D eigenvalue weighted by atomic mass is 15.0. The molecule has 0 aliphatic carbocycles. The molecule has 4 nitrogen and oxygen atoms in total. The normalized spacial score (nSPS) is 16.1.